The fraction of sp³-hybridized carbons (Fsp3) is 0.235. The zero-order valence-corrected chi connectivity index (χ0v) is 14.0. The summed E-state index contributed by atoms with van der Waals surface area (Å²) in [6.07, 6.45) is 0. The monoisotopic (exact) mass is 362 g/mol. The maximum atomic E-state index is 11.8. The Morgan fingerprint density at radius 1 is 1.18 bits per heavy atom. The molecule has 2 rings (SSSR count). The molecule has 2 amide bonds. The molecule has 0 saturated heterocycles. The Morgan fingerprint density at radius 2 is 1.95 bits per heavy atom. The van der Waals surface area contributed by atoms with Gasteiger partial charge in [-0.3, -0.25) is 0 Å². The fourth-order valence-electron chi connectivity index (χ4n) is 1.96. The number of urea groups is 1. The predicted molar refractivity (Wildman–Crippen MR) is 91.0 cm³/mol. The van der Waals surface area contributed by atoms with Crippen molar-refractivity contribution in [2.75, 3.05) is 13.2 Å². The summed E-state index contributed by atoms with van der Waals surface area (Å²) in [6, 6.07) is 17.2. The van der Waals surface area contributed by atoms with Crippen LogP contribution in [0.4, 0.5) is 4.79 Å². The van der Waals surface area contributed by atoms with Gasteiger partial charge in [0.1, 0.15) is 12.4 Å². The number of halogens is 1. The maximum absolute atomic E-state index is 11.8. The number of carbonyl (C=O) groups excluding carboxylic acids is 1. The minimum atomic E-state index is -0.200. The molecule has 1 atom stereocenters. The lowest BCUT2D eigenvalue weighted by Crippen LogP contribution is -2.38. The van der Waals surface area contributed by atoms with Gasteiger partial charge in [0.05, 0.1) is 12.6 Å². The highest BCUT2D eigenvalue weighted by Crippen LogP contribution is 2.17. The van der Waals surface area contributed by atoms with Crippen molar-refractivity contribution in [1.29, 1.82) is 0 Å². The van der Waals surface area contributed by atoms with E-state index in [1.807, 2.05) is 61.5 Å². The Balaban J connectivity index is 1.68. The highest BCUT2D eigenvalue weighted by molar-refractivity contribution is 9.10. The Labute approximate surface area is 139 Å². The zero-order chi connectivity index (χ0) is 15.8. The van der Waals surface area contributed by atoms with E-state index >= 15 is 0 Å². The Morgan fingerprint density at radius 3 is 2.68 bits per heavy atom. The first-order valence-electron chi connectivity index (χ1n) is 7.13. The van der Waals surface area contributed by atoms with Gasteiger partial charge in [-0.2, -0.15) is 0 Å². The summed E-state index contributed by atoms with van der Waals surface area (Å²) in [5, 5.41) is 5.67. The van der Waals surface area contributed by atoms with Gasteiger partial charge in [0.15, 0.2) is 0 Å². The molecule has 0 aliphatic rings. The third-order valence-electron chi connectivity index (χ3n) is 3.10. The van der Waals surface area contributed by atoms with Crippen LogP contribution in [0.5, 0.6) is 5.75 Å². The third kappa shape index (κ3) is 5.41. The molecule has 2 N–H and O–H groups in total. The van der Waals surface area contributed by atoms with E-state index in [-0.39, 0.29) is 12.1 Å². The molecular formula is C17H19BrN2O2. The first-order chi connectivity index (χ1) is 10.6. The van der Waals surface area contributed by atoms with Crippen LogP contribution in [0.25, 0.3) is 0 Å². The maximum Gasteiger partial charge on any atom is 0.315 e. The number of nitrogens with one attached hydrogen (secondary N) is 2. The second-order valence-electron chi connectivity index (χ2n) is 4.84. The molecule has 0 aliphatic heterocycles. The molecule has 5 heteroatoms. The van der Waals surface area contributed by atoms with E-state index in [9.17, 15) is 4.79 Å². The van der Waals surface area contributed by atoms with Gasteiger partial charge >= 0.3 is 6.03 Å². The molecule has 0 spiro atoms. The van der Waals surface area contributed by atoms with Gasteiger partial charge < -0.3 is 15.4 Å². The van der Waals surface area contributed by atoms with Crippen molar-refractivity contribution in [3.63, 3.8) is 0 Å². The van der Waals surface area contributed by atoms with Gasteiger partial charge in [-0.15, -0.1) is 0 Å². The number of ether oxygens (including phenoxy) is 1. The van der Waals surface area contributed by atoms with E-state index in [1.54, 1.807) is 0 Å². The predicted octanol–water partition coefficient (Wildman–Crippen LogP) is 3.89. The van der Waals surface area contributed by atoms with Crippen LogP contribution in [0.1, 0.15) is 18.5 Å². The second-order valence-corrected chi connectivity index (χ2v) is 5.75. The molecule has 0 saturated carbocycles. The number of rotatable bonds is 6. The highest BCUT2D eigenvalue weighted by Gasteiger charge is 2.08. The summed E-state index contributed by atoms with van der Waals surface area (Å²) < 4.78 is 6.52. The third-order valence-corrected chi connectivity index (χ3v) is 3.59. The molecule has 0 heterocycles. The molecule has 4 nitrogen and oxygen atoms in total. The summed E-state index contributed by atoms with van der Waals surface area (Å²) in [6.45, 7) is 2.82. The van der Waals surface area contributed by atoms with Crippen molar-refractivity contribution in [3.8, 4) is 5.75 Å². The lowest BCUT2D eigenvalue weighted by molar-refractivity contribution is 0.233. The largest absolute Gasteiger partial charge is 0.492 e. The van der Waals surface area contributed by atoms with Crippen molar-refractivity contribution < 1.29 is 9.53 Å². The normalized spacial score (nSPS) is 11.5. The summed E-state index contributed by atoms with van der Waals surface area (Å²) >= 11 is 3.38. The van der Waals surface area contributed by atoms with Gasteiger partial charge in [0.25, 0.3) is 0 Å². The Bertz CT molecular complexity index is 605. The van der Waals surface area contributed by atoms with Gasteiger partial charge in [-0.25, -0.2) is 4.79 Å². The van der Waals surface area contributed by atoms with E-state index in [1.165, 1.54) is 0 Å². The summed E-state index contributed by atoms with van der Waals surface area (Å²) in [5.41, 5.74) is 1.07. The molecular weight excluding hydrogens is 344 g/mol. The number of carbonyl (C=O) groups is 1. The van der Waals surface area contributed by atoms with Crippen LogP contribution in [0.3, 0.4) is 0 Å². The van der Waals surface area contributed by atoms with Crippen LogP contribution in [0, 0.1) is 0 Å². The average molecular weight is 363 g/mol. The van der Waals surface area contributed by atoms with Crippen LogP contribution in [0.2, 0.25) is 0 Å². The summed E-state index contributed by atoms with van der Waals surface area (Å²) in [4.78, 5) is 11.8. The van der Waals surface area contributed by atoms with Crippen molar-refractivity contribution in [2.45, 2.75) is 13.0 Å². The molecule has 2 aromatic rings. The standard InChI is InChI=1S/C17H19BrN2O2/c1-13(14-6-3-2-4-7-14)20-17(21)19-10-11-22-16-9-5-8-15(18)12-16/h2-9,12-13H,10-11H2,1H3,(H2,19,20,21). The number of benzene rings is 2. The van der Waals surface area contributed by atoms with Gasteiger partial charge in [-0.1, -0.05) is 52.3 Å². The molecule has 0 aliphatic carbocycles. The number of amides is 2. The molecule has 116 valence electrons. The van der Waals surface area contributed by atoms with E-state index < -0.39 is 0 Å². The molecule has 0 bridgehead atoms. The smallest absolute Gasteiger partial charge is 0.315 e. The quantitative estimate of drug-likeness (QED) is 0.765. The minimum absolute atomic E-state index is 0.0350. The minimum Gasteiger partial charge on any atom is -0.492 e. The SMILES string of the molecule is CC(NC(=O)NCCOc1cccc(Br)c1)c1ccccc1. The zero-order valence-electron chi connectivity index (χ0n) is 12.4. The fourth-order valence-corrected chi connectivity index (χ4v) is 2.34. The summed E-state index contributed by atoms with van der Waals surface area (Å²) in [5.74, 6) is 0.772. The number of hydrogen-bond donors (Lipinski definition) is 2. The van der Waals surface area contributed by atoms with Crippen LogP contribution in [-0.2, 0) is 0 Å². The van der Waals surface area contributed by atoms with Crippen LogP contribution in [0.15, 0.2) is 59.1 Å². The van der Waals surface area contributed by atoms with E-state index in [2.05, 4.69) is 26.6 Å². The molecule has 2 aromatic carbocycles. The second kappa shape index (κ2) is 8.44. The van der Waals surface area contributed by atoms with Crippen LogP contribution in [-0.4, -0.2) is 19.2 Å². The molecule has 22 heavy (non-hydrogen) atoms. The van der Waals surface area contributed by atoms with E-state index in [4.69, 9.17) is 4.74 Å². The van der Waals surface area contributed by atoms with Crippen LogP contribution >= 0.6 is 15.9 Å². The van der Waals surface area contributed by atoms with E-state index in [0.717, 1.165) is 15.8 Å². The highest BCUT2D eigenvalue weighted by atomic mass is 79.9. The summed E-state index contributed by atoms with van der Waals surface area (Å²) in [7, 11) is 0. The van der Waals surface area contributed by atoms with Gasteiger partial charge in [0.2, 0.25) is 0 Å². The van der Waals surface area contributed by atoms with Crippen molar-refractivity contribution in [1.82, 2.24) is 10.6 Å². The molecule has 0 fully saturated rings. The molecule has 0 aromatic heterocycles. The van der Waals surface area contributed by atoms with Gasteiger partial charge in [0, 0.05) is 4.47 Å². The topological polar surface area (TPSA) is 50.4 Å². The van der Waals surface area contributed by atoms with E-state index in [0.29, 0.717) is 13.2 Å². The number of hydrogen-bond acceptors (Lipinski definition) is 2. The lowest BCUT2D eigenvalue weighted by Gasteiger charge is -2.15. The van der Waals surface area contributed by atoms with Gasteiger partial charge in [-0.05, 0) is 30.7 Å². The Kier molecular flexibility index (Phi) is 6.27. The van der Waals surface area contributed by atoms with Crippen molar-refractivity contribution in [2.24, 2.45) is 0 Å². The molecule has 0 radical (unpaired) electrons. The lowest BCUT2D eigenvalue weighted by atomic mass is 10.1. The Hall–Kier alpha value is -2.01. The van der Waals surface area contributed by atoms with Crippen molar-refractivity contribution in [3.05, 3.63) is 64.6 Å². The first kappa shape index (κ1) is 16.4. The molecule has 1 unspecified atom stereocenters. The van der Waals surface area contributed by atoms with Crippen LogP contribution < -0.4 is 15.4 Å². The van der Waals surface area contributed by atoms with Crippen molar-refractivity contribution >= 4 is 22.0 Å². The first-order valence-corrected chi connectivity index (χ1v) is 7.92. The average Bonchev–Trinajstić information content (AvgIpc) is 2.52.